The lowest BCUT2D eigenvalue weighted by Crippen LogP contribution is -2.64. The maximum Gasteiger partial charge on any atom is 0.407 e. The first kappa shape index (κ1) is 86.9. The number of ether oxygens (including phenoxy) is 7. The van der Waals surface area contributed by atoms with E-state index in [-0.39, 0.29) is 36.5 Å². The first-order valence-corrected chi connectivity index (χ1v) is 38.9. The van der Waals surface area contributed by atoms with E-state index in [1.165, 1.54) is 19.9 Å². The zero-order valence-electron chi connectivity index (χ0n) is 64.7. The zero-order valence-corrected chi connectivity index (χ0v) is 66.2. The Labute approximate surface area is 697 Å². The molecule has 1 aliphatic carbocycles. The van der Waals surface area contributed by atoms with Crippen LogP contribution in [0.4, 0.5) is 4.79 Å². The summed E-state index contributed by atoms with van der Waals surface area (Å²) >= 11 is 14.3. The quantitative estimate of drug-likeness (QED) is 0.0623. The third-order valence-electron chi connectivity index (χ3n) is 21.5. The van der Waals surface area contributed by atoms with Gasteiger partial charge in [-0.3, -0.25) is 43.2 Å². The van der Waals surface area contributed by atoms with Crippen molar-refractivity contribution in [2.24, 2.45) is 17.4 Å². The molecular weight excluding hydrogens is 1630 g/mol. The smallest absolute Gasteiger partial charge is 0.407 e. The molecule has 11 bridgehead atoms. The van der Waals surface area contributed by atoms with E-state index in [1.807, 2.05) is 48.5 Å². The number of phenols is 3. The minimum atomic E-state index is -2.44. The van der Waals surface area contributed by atoms with Crippen molar-refractivity contribution in [1.29, 1.82) is 0 Å². The molecule has 0 saturated carbocycles. The number of carbonyl (C=O) groups excluding carboxylic acids is 9. The number of alkyl carbamates (subject to hydrolysis) is 1. The molecule has 2 saturated heterocycles. The number of carboxylic acids is 1. The topological polar surface area (TPSA) is 586 Å². The van der Waals surface area contributed by atoms with Gasteiger partial charge in [0.2, 0.25) is 59.3 Å². The van der Waals surface area contributed by atoms with Crippen LogP contribution >= 0.6 is 23.2 Å². The van der Waals surface area contributed by atoms with Gasteiger partial charge in [-0.05, 0) is 131 Å². The van der Waals surface area contributed by atoms with Crippen molar-refractivity contribution in [3.05, 3.63) is 176 Å². The van der Waals surface area contributed by atoms with Crippen LogP contribution in [-0.4, -0.2) is 209 Å². The van der Waals surface area contributed by atoms with Crippen molar-refractivity contribution in [2.45, 2.75) is 162 Å². The van der Waals surface area contributed by atoms with Gasteiger partial charge in [0.25, 0.3) is 0 Å². The largest absolute Gasteiger partial charge is 0.508 e. The van der Waals surface area contributed by atoms with Crippen molar-refractivity contribution < 1.29 is 132 Å². The van der Waals surface area contributed by atoms with Gasteiger partial charge >= 0.3 is 12.1 Å². The number of aromatic hydroxyl groups is 3. The fourth-order valence-electron chi connectivity index (χ4n) is 15.4. The number of aliphatic hydroxyl groups excluding tert-OH is 6. The first-order valence-electron chi connectivity index (χ1n) is 38.1. The summed E-state index contributed by atoms with van der Waals surface area (Å²) in [7, 11) is 0. The molecule has 121 heavy (non-hydrogen) atoms. The molecule has 39 heteroatoms. The van der Waals surface area contributed by atoms with Gasteiger partial charge in [-0.15, -0.1) is 0 Å². The standard InChI is InChI=1S/C82H86Cl2N10O27/c1-32(2)19-48(89-81(114)115-31-45-41-11-7-5-9-39(41)40-10-6-8-12-42(40)45)73(107)93-64-66(102)35-14-17-52(46(83)21-35)117-54-23-37-24-55(70(54)121-80-71(69(105)68(104)56(30-95)119-80)120-59-28-82(4,86)72(106)33(3)116-59)118-53-18-15-36(22-47(53)84)67(103)65-79(113)92-63(75(109)87-29-58(100)101)44-25-38(96)26-51(98)60(44)43-20-34(13-16-50(43)97)61(76(110)94-65)91-77(111)62(37)90-74(108)49(27-57(85)99)88-78(64)112/h5-18,20-26,32-33,45,48-49,56,59,61-69,71-72,80,95-98,102-106H,19,27-31,86H2,1-4H3,(H2,85,99)(H,87,109)(H,88,112)(H,89,114)(H,90,108)(H,91,111)(H,92,113)(H,93,107)(H,94,110)(H,100,101)/t33-,48+,49-,56-,59-,61+,62+,63-,64+,65-,66+,67+,68+,69-,71-,72+,80-,82-/m0/s1. The molecule has 9 amide bonds. The minimum absolute atomic E-state index is 0.125. The van der Waals surface area contributed by atoms with Crippen LogP contribution < -0.4 is 68.2 Å². The number of primary amides is 1. The molecule has 7 heterocycles. The van der Waals surface area contributed by atoms with E-state index in [0.717, 1.165) is 95.1 Å². The molecular formula is C82H86Cl2N10O27. The number of halogens is 2. The van der Waals surface area contributed by atoms with Crippen LogP contribution in [0.5, 0.6) is 46.0 Å². The summed E-state index contributed by atoms with van der Waals surface area (Å²) in [4.78, 5) is 147. The van der Waals surface area contributed by atoms with Crippen molar-refractivity contribution in [1.82, 2.24) is 42.5 Å². The number of hydrogen-bond donors (Lipinski definition) is 20. The normalized spacial score (nSPS) is 26.7. The average molecular weight is 1710 g/mol. The third-order valence-corrected chi connectivity index (χ3v) is 22.1. The molecule has 15 rings (SSSR count). The number of phenolic OH excluding ortho intramolecular Hbond substituents is 3. The second kappa shape index (κ2) is 35.8. The zero-order chi connectivity index (χ0) is 87.1. The number of hydrogen-bond acceptors (Lipinski definition) is 27. The van der Waals surface area contributed by atoms with Gasteiger partial charge in [0.05, 0.1) is 35.3 Å². The summed E-state index contributed by atoms with van der Waals surface area (Å²) in [5.74, 6) is -18.8. The number of carbonyl (C=O) groups is 10. The van der Waals surface area contributed by atoms with Crippen LogP contribution in [-0.2, 0) is 62.1 Å². The summed E-state index contributed by atoms with van der Waals surface area (Å²) in [6.07, 6.45) is -20.7. The molecule has 8 aliphatic rings. The van der Waals surface area contributed by atoms with Crippen LogP contribution in [0.2, 0.25) is 10.0 Å². The molecule has 37 nitrogen and oxygen atoms in total. The molecule has 640 valence electrons. The number of aliphatic carboxylic acids is 1. The van der Waals surface area contributed by atoms with Crippen molar-refractivity contribution in [3.8, 4) is 68.2 Å². The Balaban J connectivity index is 0.972. The highest BCUT2D eigenvalue weighted by molar-refractivity contribution is 6.32. The molecule has 0 unspecified atom stereocenters. The van der Waals surface area contributed by atoms with Crippen molar-refractivity contribution in [3.63, 3.8) is 0 Å². The van der Waals surface area contributed by atoms with Crippen LogP contribution in [0.3, 0.4) is 0 Å². The molecule has 0 aromatic heterocycles. The van der Waals surface area contributed by atoms with Gasteiger partial charge < -0.3 is 138 Å². The summed E-state index contributed by atoms with van der Waals surface area (Å²) in [5.41, 5.74) is 11.4. The minimum Gasteiger partial charge on any atom is -0.508 e. The number of aliphatic hydroxyl groups is 6. The van der Waals surface area contributed by atoms with Gasteiger partial charge in [-0.1, -0.05) is 104 Å². The van der Waals surface area contributed by atoms with Gasteiger partial charge in [-0.25, -0.2) is 4.79 Å². The Bertz CT molecular complexity index is 5210. The van der Waals surface area contributed by atoms with E-state index in [1.54, 1.807) is 13.8 Å². The highest BCUT2D eigenvalue weighted by Gasteiger charge is 2.52. The van der Waals surface area contributed by atoms with Crippen LogP contribution in [0.15, 0.2) is 127 Å². The highest BCUT2D eigenvalue weighted by Crippen LogP contribution is 2.51. The maximum absolute atomic E-state index is 16.3. The molecule has 0 radical (unpaired) electrons. The SMILES string of the molecule is CC(C)C[C@@H](NC(=O)OCC1c2ccccc2-c2ccccc21)C(=O)N[C@H]1C(=O)N[C@@H](CC(N)=O)C(=O)N[C@H]2C(=O)N[C@H]3C(=O)N[C@H](C(=O)N[C@H](C(=O)NCC(=O)O)c4cc(O)cc(O)c4-c4cc3ccc4O)[C@H](O)c3ccc(c(Cl)c3)Oc3cc2cc(c3O[C@@H]2O[C@@H](CO)[C@@H](O)[C@H](O)[C@@H]2O[C@H]2C[C@](C)(N)[C@H](O)[C@H](C)O2)Oc2ccc(cc2Cl)[C@H]1O. The summed E-state index contributed by atoms with van der Waals surface area (Å²) in [6, 6.07) is 13.0. The van der Waals surface area contributed by atoms with E-state index in [0.29, 0.717) is 0 Å². The number of amides is 9. The number of carboxylic acid groups (broad SMARTS) is 1. The Morgan fingerprint density at radius 2 is 1.26 bits per heavy atom. The summed E-state index contributed by atoms with van der Waals surface area (Å²) in [6.45, 7) is 4.12. The maximum atomic E-state index is 16.3. The van der Waals surface area contributed by atoms with Crippen LogP contribution in [0.1, 0.15) is 122 Å². The first-order chi connectivity index (χ1) is 57.4. The van der Waals surface area contributed by atoms with Gasteiger partial charge in [0.15, 0.2) is 23.9 Å². The number of benzene rings is 7. The fraction of sp³-hybridized carbons (Fsp3) is 0.366. The fourth-order valence-corrected chi connectivity index (χ4v) is 15.9. The third kappa shape index (κ3) is 18.5. The number of fused-ring (bicyclic) bond motifs is 18. The van der Waals surface area contributed by atoms with Crippen molar-refractivity contribution in [2.75, 3.05) is 19.8 Å². The van der Waals surface area contributed by atoms with Crippen molar-refractivity contribution >= 4 is 82.5 Å². The van der Waals surface area contributed by atoms with Gasteiger partial charge in [0.1, 0.15) is 115 Å². The molecule has 7 aromatic carbocycles. The summed E-state index contributed by atoms with van der Waals surface area (Å²) in [5, 5.41) is 133. The molecule has 0 spiro atoms. The Morgan fingerprint density at radius 1 is 0.653 bits per heavy atom. The second-order valence-electron chi connectivity index (χ2n) is 30.7. The van der Waals surface area contributed by atoms with E-state index in [9.17, 15) is 75.0 Å². The molecule has 7 aromatic rings. The Morgan fingerprint density at radius 3 is 1.86 bits per heavy atom. The molecule has 22 N–H and O–H groups in total. The van der Waals surface area contributed by atoms with Gasteiger partial charge in [0, 0.05) is 35.1 Å². The highest BCUT2D eigenvalue weighted by atomic mass is 35.5. The predicted molar refractivity (Wildman–Crippen MR) is 421 cm³/mol. The van der Waals surface area contributed by atoms with Crippen LogP contribution in [0, 0.1) is 5.92 Å². The lowest BCUT2D eigenvalue weighted by molar-refractivity contribution is -0.333. The number of nitrogens with two attached hydrogens (primary N) is 2. The lowest BCUT2D eigenvalue weighted by Gasteiger charge is -2.47. The predicted octanol–water partition coefficient (Wildman–Crippen LogP) is 2.54. The van der Waals surface area contributed by atoms with Crippen LogP contribution in [0.25, 0.3) is 22.3 Å². The summed E-state index contributed by atoms with van der Waals surface area (Å²) < 4.78 is 44.4. The van der Waals surface area contributed by atoms with E-state index in [2.05, 4.69) is 42.5 Å². The number of rotatable bonds is 17. The van der Waals surface area contributed by atoms with E-state index < -0.39 is 278 Å². The average Bonchev–Trinajstić information content (AvgIpc) is 1.74. The number of nitrogens with one attached hydrogen (secondary N) is 8. The molecule has 18 atom stereocenters. The monoisotopic (exact) mass is 1710 g/mol. The Hall–Kier alpha value is -12.0. The lowest BCUT2D eigenvalue weighted by atomic mass is 9.86. The van der Waals surface area contributed by atoms with E-state index in [4.69, 9.17) is 67.8 Å². The second-order valence-corrected chi connectivity index (χ2v) is 31.5. The Kier molecular flexibility index (Phi) is 25.7. The molecule has 2 fully saturated rings. The molecule has 7 aliphatic heterocycles. The van der Waals surface area contributed by atoms with E-state index >= 15 is 24.0 Å². The van der Waals surface area contributed by atoms with Gasteiger partial charge in [-0.2, -0.15) is 0 Å².